The van der Waals surface area contributed by atoms with Gasteiger partial charge in [0.1, 0.15) is 6.61 Å². The third-order valence-electron chi connectivity index (χ3n) is 8.90. The highest BCUT2D eigenvalue weighted by Gasteiger charge is 2.22. The van der Waals surface area contributed by atoms with Gasteiger partial charge in [-0.1, -0.05) is 163 Å². The van der Waals surface area contributed by atoms with Crippen LogP contribution < -0.4 is 0 Å². The van der Waals surface area contributed by atoms with E-state index in [4.69, 9.17) is 19.3 Å². The van der Waals surface area contributed by atoms with Crippen LogP contribution in [0.2, 0.25) is 0 Å². The quantitative estimate of drug-likeness (QED) is 0.0273. The van der Waals surface area contributed by atoms with E-state index < -0.39 is 32.5 Å². The first kappa shape index (κ1) is 53.2. The summed E-state index contributed by atoms with van der Waals surface area (Å²) in [5, 5.41) is 0. The fourth-order valence-corrected chi connectivity index (χ4v) is 6.02. The van der Waals surface area contributed by atoms with Crippen LogP contribution >= 0.6 is 7.82 Å². The molecule has 0 aromatic rings. The summed E-state index contributed by atoms with van der Waals surface area (Å²) >= 11 is 0. The minimum absolute atomic E-state index is 0.195. The molecule has 1 atom stereocenters. The maximum Gasteiger partial charge on any atom is 0.469 e. The van der Waals surface area contributed by atoms with Crippen LogP contribution in [-0.2, 0) is 28.2 Å². The van der Waals surface area contributed by atoms with Gasteiger partial charge in [0.2, 0.25) is 0 Å². The van der Waals surface area contributed by atoms with Gasteiger partial charge in [-0.2, -0.15) is 0 Å². The summed E-state index contributed by atoms with van der Waals surface area (Å²) in [7, 11) is -4.77. The van der Waals surface area contributed by atoms with Crippen molar-refractivity contribution in [3.63, 3.8) is 0 Å². The molecule has 0 bridgehead atoms. The van der Waals surface area contributed by atoms with Crippen molar-refractivity contribution >= 4 is 19.8 Å². The van der Waals surface area contributed by atoms with E-state index in [1.807, 2.05) is 0 Å². The third-order valence-corrected chi connectivity index (χ3v) is 9.38. The van der Waals surface area contributed by atoms with Crippen LogP contribution in [0.15, 0.2) is 85.1 Å². The maximum absolute atomic E-state index is 12.4. The van der Waals surface area contributed by atoms with Gasteiger partial charge in [-0.25, -0.2) is 4.57 Å². The molecule has 9 heteroatoms. The van der Waals surface area contributed by atoms with Crippen LogP contribution in [-0.4, -0.2) is 41.0 Å². The second-order valence-corrected chi connectivity index (χ2v) is 15.5. The molecule has 0 fully saturated rings. The van der Waals surface area contributed by atoms with Gasteiger partial charge in [-0.15, -0.1) is 0 Å². The number of allylic oxidation sites excluding steroid dienone is 14. The van der Waals surface area contributed by atoms with Crippen molar-refractivity contribution < 1.29 is 37.9 Å². The Bertz CT molecular complexity index is 1180. The van der Waals surface area contributed by atoms with E-state index >= 15 is 0 Å². The van der Waals surface area contributed by atoms with Crippen molar-refractivity contribution in [2.75, 3.05) is 13.2 Å². The number of carbonyl (C=O) groups excluding carboxylic acids is 2. The lowest BCUT2D eigenvalue weighted by Crippen LogP contribution is -2.29. The number of esters is 2. The normalized spacial score (nSPS) is 13.3. The molecule has 0 aliphatic heterocycles. The van der Waals surface area contributed by atoms with Gasteiger partial charge in [-0.3, -0.25) is 14.1 Å². The number of unbranched alkanes of at least 4 members (excludes halogenated alkanes) is 15. The lowest BCUT2D eigenvalue weighted by atomic mass is 10.1. The summed E-state index contributed by atoms with van der Waals surface area (Å²) < 4.78 is 26.4. The van der Waals surface area contributed by atoms with Crippen LogP contribution in [0.25, 0.3) is 0 Å². The number of carbonyl (C=O) groups is 2. The van der Waals surface area contributed by atoms with E-state index in [0.717, 1.165) is 83.5 Å². The molecule has 0 rings (SSSR count). The van der Waals surface area contributed by atoms with Crippen LogP contribution in [0.1, 0.15) is 181 Å². The Labute approximate surface area is 342 Å². The predicted molar refractivity (Wildman–Crippen MR) is 234 cm³/mol. The van der Waals surface area contributed by atoms with Gasteiger partial charge in [0, 0.05) is 12.8 Å². The van der Waals surface area contributed by atoms with Gasteiger partial charge in [0.15, 0.2) is 6.10 Å². The smallest absolute Gasteiger partial charge is 0.462 e. The SMILES string of the molecule is CC/C=C\C/C=C\C/C=C\C/C=C\C/C=C\CCCCCC(=O)OC[C@H](COP(=O)(O)O)OC(=O)CCCCCCCCCCC/C=C\C/C=C\CCCCC. The highest BCUT2D eigenvalue weighted by molar-refractivity contribution is 7.46. The van der Waals surface area contributed by atoms with E-state index in [1.165, 1.54) is 57.8 Å². The Morgan fingerprint density at radius 2 is 0.857 bits per heavy atom. The van der Waals surface area contributed by atoms with Gasteiger partial charge in [0.05, 0.1) is 6.61 Å². The zero-order valence-corrected chi connectivity index (χ0v) is 36.1. The van der Waals surface area contributed by atoms with Crippen LogP contribution in [0, 0.1) is 0 Å². The highest BCUT2D eigenvalue weighted by atomic mass is 31.2. The molecule has 0 aliphatic rings. The number of rotatable bonds is 39. The molecule has 0 heterocycles. The van der Waals surface area contributed by atoms with Gasteiger partial charge < -0.3 is 19.3 Å². The van der Waals surface area contributed by atoms with Crippen molar-refractivity contribution in [3.05, 3.63) is 85.1 Å². The molecule has 0 saturated heterocycles. The lowest BCUT2D eigenvalue weighted by molar-refractivity contribution is -0.161. The molecule has 0 aromatic heterocycles. The minimum Gasteiger partial charge on any atom is -0.462 e. The second-order valence-electron chi connectivity index (χ2n) is 14.3. The zero-order valence-electron chi connectivity index (χ0n) is 35.3. The molecule has 0 amide bonds. The van der Waals surface area contributed by atoms with Crippen LogP contribution in [0.5, 0.6) is 0 Å². The number of phosphoric acid groups is 1. The molecule has 0 spiro atoms. The summed E-state index contributed by atoms with van der Waals surface area (Å²) in [6.45, 7) is 3.51. The van der Waals surface area contributed by atoms with Gasteiger partial charge in [0.25, 0.3) is 0 Å². The van der Waals surface area contributed by atoms with E-state index in [0.29, 0.717) is 12.8 Å². The first-order valence-corrected chi connectivity index (χ1v) is 23.4. The molecule has 56 heavy (non-hydrogen) atoms. The van der Waals surface area contributed by atoms with Crippen molar-refractivity contribution in [2.45, 2.75) is 187 Å². The fraction of sp³-hybridized carbons (Fsp3) is 0.660. The van der Waals surface area contributed by atoms with E-state index in [1.54, 1.807) is 0 Å². The molecule has 0 aromatic carbocycles. The van der Waals surface area contributed by atoms with Crippen molar-refractivity contribution in [1.82, 2.24) is 0 Å². The summed E-state index contributed by atoms with van der Waals surface area (Å²) in [6, 6.07) is 0. The Morgan fingerprint density at radius 3 is 1.30 bits per heavy atom. The monoisotopic (exact) mass is 803 g/mol. The molecule has 0 unspecified atom stereocenters. The third kappa shape index (κ3) is 44.0. The van der Waals surface area contributed by atoms with Gasteiger partial charge >= 0.3 is 19.8 Å². The molecule has 8 nitrogen and oxygen atoms in total. The highest BCUT2D eigenvalue weighted by Crippen LogP contribution is 2.36. The average Bonchev–Trinajstić information content (AvgIpc) is 3.17. The molecular weight excluding hydrogens is 723 g/mol. The number of phosphoric ester groups is 1. The number of ether oxygens (including phenoxy) is 2. The van der Waals surface area contributed by atoms with E-state index in [2.05, 4.69) is 103 Å². The largest absolute Gasteiger partial charge is 0.469 e. The van der Waals surface area contributed by atoms with Crippen LogP contribution in [0.3, 0.4) is 0 Å². The standard InChI is InChI=1S/C47H79O8P/c1-3-5-7-9-11-13-15-17-19-21-23-25-27-29-31-33-35-37-39-41-46(48)53-43-45(44-54-56(50,51)52)55-47(49)42-40-38-36-34-32-30-28-26-24-22-20-18-16-14-12-10-8-6-4-2/h5,7,11-14,17-20,23,25,29,31,45H,3-4,6,8-10,15-16,21-22,24,26-28,30,32-44H2,1-2H3,(H2,50,51,52)/b7-5-,13-11-,14-12-,19-17-,20-18-,25-23-,31-29-/t45-/m1/s1. The molecule has 0 radical (unpaired) electrons. The summed E-state index contributed by atoms with van der Waals surface area (Å²) in [6.07, 6.45) is 55.8. The van der Waals surface area contributed by atoms with Crippen molar-refractivity contribution in [3.8, 4) is 0 Å². The molecular formula is C47H79O8P. The summed E-state index contributed by atoms with van der Waals surface area (Å²) in [4.78, 5) is 42.9. The van der Waals surface area contributed by atoms with Crippen molar-refractivity contribution in [1.29, 1.82) is 0 Å². The Kier molecular flexibility index (Phi) is 39.8. The summed E-state index contributed by atoms with van der Waals surface area (Å²) in [5.41, 5.74) is 0. The first-order chi connectivity index (χ1) is 27.3. The molecule has 0 aliphatic carbocycles. The van der Waals surface area contributed by atoms with Gasteiger partial charge in [-0.05, 0) is 89.9 Å². The van der Waals surface area contributed by atoms with E-state index in [-0.39, 0.29) is 19.4 Å². The topological polar surface area (TPSA) is 119 Å². The Balaban J connectivity index is 3.99. The second kappa shape index (κ2) is 41.9. The number of hydrogen-bond acceptors (Lipinski definition) is 6. The Morgan fingerprint density at radius 1 is 0.482 bits per heavy atom. The predicted octanol–water partition coefficient (Wildman–Crippen LogP) is 13.6. The molecule has 0 saturated carbocycles. The number of hydrogen-bond donors (Lipinski definition) is 2. The average molecular weight is 803 g/mol. The zero-order chi connectivity index (χ0) is 41.1. The van der Waals surface area contributed by atoms with Crippen LogP contribution in [0.4, 0.5) is 0 Å². The molecule has 2 N–H and O–H groups in total. The minimum atomic E-state index is -4.77. The Hall–Kier alpha value is -2.77. The first-order valence-electron chi connectivity index (χ1n) is 21.9. The maximum atomic E-state index is 12.4. The van der Waals surface area contributed by atoms with E-state index in [9.17, 15) is 14.2 Å². The fourth-order valence-electron chi connectivity index (χ4n) is 5.66. The summed E-state index contributed by atoms with van der Waals surface area (Å²) in [5.74, 6) is -0.933. The van der Waals surface area contributed by atoms with Crippen molar-refractivity contribution in [2.24, 2.45) is 0 Å². The molecule has 320 valence electrons. The lowest BCUT2D eigenvalue weighted by Gasteiger charge is -2.18.